The quantitative estimate of drug-likeness (QED) is 0.909. The molecule has 0 aliphatic carbocycles. The molecular weight excluding hydrogens is 270 g/mol. The Labute approximate surface area is 126 Å². The van der Waals surface area contributed by atoms with Crippen molar-refractivity contribution >= 4 is 5.69 Å². The Balaban J connectivity index is 2.26. The highest BCUT2D eigenvalue weighted by molar-refractivity contribution is 5.49. The van der Waals surface area contributed by atoms with Crippen LogP contribution in [0.4, 0.5) is 14.5 Å². The summed E-state index contributed by atoms with van der Waals surface area (Å²) in [6.45, 7) is 10.5. The highest BCUT2D eigenvalue weighted by atomic mass is 19.2. The Bertz CT molecular complexity index is 476. The van der Waals surface area contributed by atoms with Gasteiger partial charge in [0.25, 0.3) is 0 Å². The molecule has 4 heteroatoms. The summed E-state index contributed by atoms with van der Waals surface area (Å²) in [5, 5.41) is 3.62. The molecule has 0 saturated carbocycles. The standard InChI is InChI=1S/C17H26F2N2/c1-5-12(4)16-10-21(17(9-20-16)11(2)3)13-6-7-14(18)15(19)8-13/h6-8,11-12,16-17,20H,5,9-10H2,1-4H3. The third-order valence-corrected chi connectivity index (χ3v) is 4.72. The van der Waals surface area contributed by atoms with Gasteiger partial charge in [-0.25, -0.2) is 8.78 Å². The first-order valence-electron chi connectivity index (χ1n) is 7.89. The van der Waals surface area contributed by atoms with Gasteiger partial charge in [-0.1, -0.05) is 34.1 Å². The fraction of sp³-hybridized carbons (Fsp3) is 0.647. The average molecular weight is 296 g/mol. The summed E-state index contributed by atoms with van der Waals surface area (Å²) in [5.74, 6) is -0.545. The Morgan fingerprint density at radius 3 is 2.52 bits per heavy atom. The summed E-state index contributed by atoms with van der Waals surface area (Å²) in [7, 11) is 0. The molecule has 1 aromatic carbocycles. The molecule has 118 valence electrons. The first-order valence-corrected chi connectivity index (χ1v) is 7.89. The predicted octanol–water partition coefficient (Wildman–Crippen LogP) is 3.81. The molecule has 2 rings (SSSR count). The number of benzene rings is 1. The van der Waals surface area contributed by atoms with E-state index in [1.807, 2.05) is 0 Å². The first-order chi connectivity index (χ1) is 9.93. The van der Waals surface area contributed by atoms with Gasteiger partial charge in [0.15, 0.2) is 11.6 Å². The van der Waals surface area contributed by atoms with Crippen LogP contribution < -0.4 is 10.2 Å². The van der Waals surface area contributed by atoms with Crippen molar-refractivity contribution in [3.8, 4) is 0 Å². The third kappa shape index (κ3) is 3.54. The monoisotopic (exact) mass is 296 g/mol. The minimum absolute atomic E-state index is 0.301. The average Bonchev–Trinajstić information content (AvgIpc) is 2.48. The largest absolute Gasteiger partial charge is 0.365 e. The number of halogens is 2. The lowest BCUT2D eigenvalue weighted by molar-refractivity contribution is 0.281. The molecule has 0 amide bonds. The summed E-state index contributed by atoms with van der Waals surface area (Å²) >= 11 is 0. The molecule has 2 nitrogen and oxygen atoms in total. The second-order valence-corrected chi connectivity index (χ2v) is 6.46. The van der Waals surface area contributed by atoms with Gasteiger partial charge in [-0.2, -0.15) is 0 Å². The number of piperazine rings is 1. The zero-order valence-corrected chi connectivity index (χ0v) is 13.4. The van der Waals surface area contributed by atoms with Gasteiger partial charge in [0.05, 0.1) is 0 Å². The van der Waals surface area contributed by atoms with Gasteiger partial charge in [-0.3, -0.25) is 0 Å². The lowest BCUT2D eigenvalue weighted by Gasteiger charge is -2.45. The van der Waals surface area contributed by atoms with Crippen LogP contribution >= 0.6 is 0 Å². The van der Waals surface area contributed by atoms with E-state index in [9.17, 15) is 8.78 Å². The maximum atomic E-state index is 13.6. The first kappa shape index (κ1) is 16.2. The van der Waals surface area contributed by atoms with Crippen LogP contribution in [-0.2, 0) is 0 Å². The van der Waals surface area contributed by atoms with Gasteiger partial charge in [-0.15, -0.1) is 0 Å². The van der Waals surface area contributed by atoms with Crippen LogP contribution in [0, 0.1) is 23.5 Å². The van der Waals surface area contributed by atoms with Crippen molar-refractivity contribution in [2.24, 2.45) is 11.8 Å². The van der Waals surface area contributed by atoms with E-state index in [1.54, 1.807) is 6.07 Å². The molecule has 1 saturated heterocycles. The summed E-state index contributed by atoms with van der Waals surface area (Å²) in [5.41, 5.74) is 0.780. The molecule has 1 aromatic rings. The van der Waals surface area contributed by atoms with E-state index in [0.29, 0.717) is 23.9 Å². The second-order valence-electron chi connectivity index (χ2n) is 6.46. The third-order valence-electron chi connectivity index (χ3n) is 4.72. The molecule has 1 aliphatic rings. The van der Waals surface area contributed by atoms with Crippen LogP contribution in [0.5, 0.6) is 0 Å². The summed E-state index contributed by atoms with van der Waals surface area (Å²) in [4.78, 5) is 2.24. The van der Waals surface area contributed by atoms with E-state index in [2.05, 4.69) is 37.9 Å². The minimum Gasteiger partial charge on any atom is -0.365 e. The van der Waals surface area contributed by atoms with Crippen LogP contribution in [0.1, 0.15) is 34.1 Å². The second kappa shape index (κ2) is 6.73. The van der Waals surface area contributed by atoms with E-state index >= 15 is 0 Å². The molecule has 1 heterocycles. The Morgan fingerprint density at radius 1 is 1.24 bits per heavy atom. The van der Waals surface area contributed by atoms with E-state index < -0.39 is 11.6 Å². The van der Waals surface area contributed by atoms with Crippen LogP contribution in [-0.4, -0.2) is 25.2 Å². The van der Waals surface area contributed by atoms with Gasteiger partial charge < -0.3 is 10.2 Å². The number of rotatable bonds is 4. The lowest BCUT2D eigenvalue weighted by atomic mass is 9.91. The van der Waals surface area contributed by atoms with Crippen LogP contribution in [0.15, 0.2) is 18.2 Å². The Morgan fingerprint density at radius 2 is 1.95 bits per heavy atom. The minimum atomic E-state index is -0.784. The molecule has 1 N–H and O–H groups in total. The van der Waals surface area contributed by atoms with Crippen molar-refractivity contribution in [2.75, 3.05) is 18.0 Å². The molecule has 21 heavy (non-hydrogen) atoms. The highest BCUT2D eigenvalue weighted by Crippen LogP contribution is 2.27. The van der Waals surface area contributed by atoms with Crippen molar-refractivity contribution < 1.29 is 8.78 Å². The van der Waals surface area contributed by atoms with E-state index in [4.69, 9.17) is 0 Å². The molecule has 1 aliphatic heterocycles. The van der Waals surface area contributed by atoms with E-state index in [0.717, 1.165) is 25.2 Å². The summed E-state index contributed by atoms with van der Waals surface area (Å²) in [6.07, 6.45) is 1.11. The van der Waals surface area contributed by atoms with Crippen molar-refractivity contribution in [1.29, 1.82) is 0 Å². The number of nitrogens with one attached hydrogen (secondary N) is 1. The lowest BCUT2D eigenvalue weighted by Crippen LogP contribution is -2.60. The van der Waals surface area contributed by atoms with Crippen LogP contribution in [0.3, 0.4) is 0 Å². The van der Waals surface area contributed by atoms with Crippen molar-refractivity contribution in [3.05, 3.63) is 29.8 Å². The highest BCUT2D eigenvalue weighted by Gasteiger charge is 2.32. The molecule has 3 unspecified atom stereocenters. The number of hydrogen-bond acceptors (Lipinski definition) is 2. The fourth-order valence-corrected chi connectivity index (χ4v) is 3.02. The van der Waals surface area contributed by atoms with Gasteiger partial charge in [0.2, 0.25) is 0 Å². The van der Waals surface area contributed by atoms with Crippen LogP contribution in [0.25, 0.3) is 0 Å². The molecular formula is C17H26F2N2. The van der Waals surface area contributed by atoms with Crippen LogP contribution in [0.2, 0.25) is 0 Å². The predicted molar refractivity (Wildman–Crippen MR) is 83.6 cm³/mol. The molecule has 0 radical (unpaired) electrons. The van der Waals surface area contributed by atoms with Crippen molar-refractivity contribution in [1.82, 2.24) is 5.32 Å². The smallest absolute Gasteiger partial charge is 0.160 e. The van der Waals surface area contributed by atoms with Crippen molar-refractivity contribution in [2.45, 2.75) is 46.2 Å². The topological polar surface area (TPSA) is 15.3 Å². The molecule has 0 spiro atoms. The number of nitrogens with zero attached hydrogens (tertiary/aromatic N) is 1. The van der Waals surface area contributed by atoms with Gasteiger partial charge >= 0.3 is 0 Å². The van der Waals surface area contributed by atoms with Crippen molar-refractivity contribution in [3.63, 3.8) is 0 Å². The van der Waals surface area contributed by atoms with E-state index in [-0.39, 0.29) is 0 Å². The number of hydrogen-bond donors (Lipinski definition) is 1. The fourth-order valence-electron chi connectivity index (χ4n) is 3.02. The SMILES string of the molecule is CCC(C)C1CN(c2ccc(F)c(F)c2)C(C(C)C)CN1. The van der Waals surface area contributed by atoms with Gasteiger partial charge in [0, 0.05) is 36.9 Å². The molecule has 3 atom stereocenters. The van der Waals surface area contributed by atoms with Gasteiger partial charge in [-0.05, 0) is 24.0 Å². The molecule has 0 aromatic heterocycles. The summed E-state index contributed by atoms with van der Waals surface area (Å²) < 4.78 is 26.7. The Hall–Kier alpha value is -1.16. The summed E-state index contributed by atoms with van der Waals surface area (Å²) in [6, 6.07) is 4.92. The maximum absolute atomic E-state index is 13.6. The normalized spacial score (nSPS) is 24.4. The number of anilines is 1. The molecule has 0 bridgehead atoms. The maximum Gasteiger partial charge on any atom is 0.160 e. The zero-order valence-electron chi connectivity index (χ0n) is 13.4. The van der Waals surface area contributed by atoms with E-state index in [1.165, 1.54) is 12.1 Å². The Kier molecular flexibility index (Phi) is 5.20. The zero-order chi connectivity index (χ0) is 15.6. The molecule has 1 fully saturated rings. The van der Waals surface area contributed by atoms with Gasteiger partial charge in [0.1, 0.15) is 0 Å².